The largest absolute Gasteiger partial charge is 0.456 e. The molecule has 3 N–H and O–H groups in total. The summed E-state index contributed by atoms with van der Waals surface area (Å²) in [6.45, 7) is 3.72. The average Bonchev–Trinajstić information content (AvgIpc) is 2.76. The number of hydrogen-bond donors (Lipinski definition) is 2. The average molecular weight is 244 g/mol. The first-order chi connectivity index (χ1) is 8.56. The molecule has 1 aromatic carbocycles. The van der Waals surface area contributed by atoms with Crippen molar-refractivity contribution in [2.45, 2.75) is 19.9 Å². The van der Waals surface area contributed by atoms with Gasteiger partial charge in [-0.3, -0.25) is 4.79 Å². The number of benzene rings is 1. The molecule has 1 unspecified atom stereocenters. The van der Waals surface area contributed by atoms with Gasteiger partial charge in [-0.15, -0.1) is 0 Å². The van der Waals surface area contributed by atoms with E-state index < -0.39 is 0 Å². The van der Waals surface area contributed by atoms with Crippen molar-refractivity contribution in [2.24, 2.45) is 5.73 Å². The Labute approximate surface area is 106 Å². The molecule has 1 amide bonds. The second kappa shape index (κ2) is 5.06. The summed E-state index contributed by atoms with van der Waals surface area (Å²) < 4.78 is 5.25. The third-order valence-corrected chi connectivity index (χ3v) is 2.66. The zero-order valence-corrected chi connectivity index (χ0v) is 10.4. The first-order valence-electron chi connectivity index (χ1n) is 5.79. The van der Waals surface area contributed by atoms with Crippen molar-refractivity contribution in [3.63, 3.8) is 0 Å². The first kappa shape index (κ1) is 12.4. The van der Waals surface area contributed by atoms with Crippen molar-refractivity contribution >= 4 is 11.6 Å². The lowest BCUT2D eigenvalue weighted by Crippen LogP contribution is -2.11. The van der Waals surface area contributed by atoms with Crippen LogP contribution in [0, 0.1) is 6.92 Å². The molecule has 4 heteroatoms. The van der Waals surface area contributed by atoms with E-state index in [2.05, 4.69) is 5.32 Å². The zero-order chi connectivity index (χ0) is 13.1. The molecule has 1 aromatic heterocycles. The standard InChI is InChI=1S/C14H16N2O2/c1-9-3-8-13(18-9)14(17)16-12-6-4-11(5-7-12)10(2)15/h3-8,10H,15H2,1-2H3,(H,16,17). The maximum absolute atomic E-state index is 11.8. The van der Waals surface area contributed by atoms with E-state index in [4.69, 9.17) is 10.2 Å². The monoisotopic (exact) mass is 244 g/mol. The highest BCUT2D eigenvalue weighted by molar-refractivity contribution is 6.02. The van der Waals surface area contributed by atoms with Gasteiger partial charge >= 0.3 is 0 Å². The minimum atomic E-state index is -0.253. The van der Waals surface area contributed by atoms with Crippen LogP contribution in [0.15, 0.2) is 40.8 Å². The van der Waals surface area contributed by atoms with E-state index in [1.165, 1.54) is 0 Å². The van der Waals surface area contributed by atoms with E-state index in [1.807, 2.05) is 31.2 Å². The van der Waals surface area contributed by atoms with Crippen molar-refractivity contribution in [1.82, 2.24) is 0 Å². The minimum Gasteiger partial charge on any atom is -0.456 e. The highest BCUT2D eigenvalue weighted by Gasteiger charge is 2.10. The van der Waals surface area contributed by atoms with Gasteiger partial charge in [0.1, 0.15) is 5.76 Å². The van der Waals surface area contributed by atoms with Gasteiger partial charge in [0.2, 0.25) is 0 Å². The van der Waals surface area contributed by atoms with E-state index in [-0.39, 0.29) is 11.9 Å². The van der Waals surface area contributed by atoms with E-state index in [1.54, 1.807) is 19.1 Å². The molecule has 0 spiro atoms. The fraction of sp³-hybridized carbons (Fsp3) is 0.214. The van der Waals surface area contributed by atoms with Crippen LogP contribution in [-0.4, -0.2) is 5.91 Å². The molecule has 2 rings (SSSR count). The van der Waals surface area contributed by atoms with Crippen molar-refractivity contribution < 1.29 is 9.21 Å². The number of hydrogen-bond acceptors (Lipinski definition) is 3. The van der Waals surface area contributed by atoms with Crippen LogP contribution in [0.4, 0.5) is 5.69 Å². The highest BCUT2D eigenvalue weighted by Crippen LogP contribution is 2.15. The Morgan fingerprint density at radius 1 is 1.22 bits per heavy atom. The van der Waals surface area contributed by atoms with Gasteiger partial charge in [-0.05, 0) is 43.7 Å². The maximum Gasteiger partial charge on any atom is 0.291 e. The second-order valence-electron chi connectivity index (χ2n) is 4.28. The van der Waals surface area contributed by atoms with E-state index in [9.17, 15) is 4.79 Å². The number of rotatable bonds is 3. The lowest BCUT2D eigenvalue weighted by molar-refractivity contribution is 0.0995. The van der Waals surface area contributed by atoms with Gasteiger partial charge < -0.3 is 15.5 Å². The van der Waals surface area contributed by atoms with Gasteiger partial charge in [-0.25, -0.2) is 0 Å². The predicted octanol–water partition coefficient (Wildman–Crippen LogP) is 2.86. The summed E-state index contributed by atoms with van der Waals surface area (Å²) in [5.41, 5.74) is 7.51. The van der Waals surface area contributed by atoms with Gasteiger partial charge in [-0.1, -0.05) is 12.1 Å². The van der Waals surface area contributed by atoms with Gasteiger partial charge in [0, 0.05) is 11.7 Å². The molecule has 18 heavy (non-hydrogen) atoms. The Morgan fingerprint density at radius 3 is 2.39 bits per heavy atom. The van der Waals surface area contributed by atoms with E-state index in [0.29, 0.717) is 11.5 Å². The molecule has 2 aromatic rings. The van der Waals surface area contributed by atoms with Gasteiger partial charge in [0.05, 0.1) is 0 Å². The van der Waals surface area contributed by atoms with Gasteiger partial charge in [0.15, 0.2) is 5.76 Å². The molecule has 0 saturated heterocycles. The van der Waals surface area contributed by atoms with Gasteiger partial charge in [0.25, 0.3) is 5.91 Å². The molecule has 0 aliphatic carbocycles. The summed E-state index contributed by atoms with van der Waals surface area (Å²) in [5.74, 6) is 0.771. The van der Waals surface area contributed by atoms with Crippen LogP contribution < -0.4 is 11.1 Å². The molecule has 0 fully saturated rings. The summed E-state index contributed by atoms with van der Waals surface area (Å²) in [7, 11) is 0. The molecular weight excluding hydrogens is 228 g/mol. The van der Waals surface area contributed by atoms with Crippen molar-refractivity contribution in [3.05, 3.63) is 53.5 Å². The van der Waals surface area contributed by atoms with Crippen LogP contribution in [0.2, 0.25) is 0 Å². The van der Waals surface area contributed by atoms with Crippen molar-refractivity contribution in [3.8, 4) is 0 Å². The SMILES string of the molecule is Cc1ccc(C(=O)Nc2ccc(C(C)N)cc2)o1. The summed E-state index contributed by atoms with van der Waals surface area (Å²) in [6, 6.07) is 10.8. The van der Waals surface area contributed by atoms with Crippen LogP contribution >= 0.6 is 0 Å². The van der Waals surface area contributed by atoms with E-state index in [0.717, 1.165) is 11.3 Å². The van der Waals surface area contributed by atoms with Crippen LogP contribution in [0.25, 0.3) is 0 Å². The topological polar surface area (TPSA) is 68.3 Å². The van der Waals surface area contributed by atoms with Crippen molar-refractivity contribution in [2.75, 3.05) is 5.32 Å². The molecule has 0 bridgehead atoms. The number of anilines is 1. The number of amides is 1. The number of furan rings is 1. The Kier molecular flexibility index (Phi) is 3.48. The maximum atomic E-state index is 11.8. The molecule has 0 saturated carbocycles. The number of nitrogens with one attached hydrogen (secondary N) is 1. The predicted molar refractivity (Wildman–Crippen MR) is 70.4 cm³/mol. The van der Waals surface area contributed by atoms with Crippen LogP contribution in [0.5, 0.6) is 0 Å². The third-order valence-electron chi connectivity index (χ3n) is 2.66. The van der Waals surface area contributed by atoms with E-state index >= 15 is 0 Å². The second-order valence-corrected chi connectivity index (χ2v) is 4.28. The highest BCUT2D eigenvalue weighted by atomic mass is 16.3. The zero-order valence-electron chi connectivity index (χ0n) is 10.4. The Bertz CT molecular complexity index is 541. The third kappa shape index (κ3) is 2.78. The molecule has 94 valence electrons. The fourth-order valence-corrected chi connectivity index (χ4v) is 1.62. The Hall–Kier alpha value is -2.07. The molecule has 4 nitrogen and oxygen atoms in total. The minimum absolute atomic E-state index is 0.0116. The molecule has 1 atom stereocenters. The molecular formula is C14H16N2O2. The first-order valence-corrected chi connectivity index (χ1v) is 5.79. The quantitative estimate of drug-likeness (QED) is 0.872. The molecule has 0 aliphatic heterocycles. The Morgan fingerprint density at radius 2 is 1.89 bits per heavy atom. The van der Waals surface area contributed by atoms with Crippen molar-refractivity contribution in [1.29, 1.82) is 0 Å². The fourth-order valence-electron chi connectivity index (χ4n) is 1.62. The molecule has 0 aliphatic rings. The lowest BCUT2D eigenvalue weighted by atomic mass is 10.1. The molecule has 0 radical (unpaired) electrons. The van der Waals surface area contributed by atoms with Crippen LogP contribution in [0.1, 0.15) is 34.8 Å². The summed E-state index contributed by atoms with van der Waals surface area (Å²) >= 11 is 0. The smallest absolute Gasteiger partial charge is 0.291 e. The van der Waals surface area contributed by atoms with Gasteiger partial charge in [-0.2, -0.15) is 0 Å². The number of carbonyl (C=O) groups excluding carboxylic acids is 1. The Balaban J connectivity index is 2.07. The van der Waals surface area contributed by atoms with Crippen LogP contribution in [0.3, 0.4) is 0 Å². The normalized spacial score (nSPS) is 12.2. The number of nitrogens with two attached hydrogens (primary N) is 1. The summed E-state index contributed by atoms with van der Waals surface area (Å²) in [6.07, 6.45) is 0. The number of carbonyl (C=O) groups is 1. The number of aryl methyl sites for hydroxylation is 1. The summed E-state index contributed by atoms with van der Waals surface area (Å²) in [4.78, 5) is 11.8. The lowest BCUT2D eigenvalue weighted by Gasteiger charge is -2.07. The van der Waals surface area contributed by atoms with Crippen LogP contribution in [-0.2, 0) is 0 Å². The molecule has 1 heterocycles. The summed E-state index contributed by atoms with van der Waals surface area (Å²) in [5, 5.41) is 2.76.